The molecule has 4 nitrogen and oxygen atoms in total. The van der Waals surface area contributed by atoms with Crippen LogP contribution in [0.3, 0.4) is 0 Å². The van der Waals surface area contributed by atoms with E-state index in [2.05, 4.69) is 5.32 Å². The number of aryl methyl sites for hydroxylation is 1. The first kappa shape index (κ1) is 14.3. The number of hydrogen-bond donors (Lipinski definition) is 1. The number of fused-ring (bicyclic) bond motifs is 1. The van der Waals surface area contributed by atoms with Gasteiger partial charge in [-0.15, -0.1) is 0 Å². The first-order valence-corrected chi connectivity index (χ1v) is 7.42. The molecular formula is C18H18N2O2. The lowest BCUT2D eigenvalue weighted by Crippen LogP contribution is -2.31. The maximum absolute atomic E-state index is 12.2. The van der Waals surface area contributed by atoms with Crippen molar-refractivity contribution >= 4 is 17.5 Å². The van der Waals surface area contributed by atoms with Crippen LogP contribution in [-0.2, 0) is 0 Å². The van der Waals surface area contributed by atoms with Crippen LogP contribution in [0.4, 0.5) is 5.69 Å². The van der Waals surface area contributed by atoms with Crippen LogP contribution < -0.4 is 5.32 Å². The SMILES string of the molecule is Cc1ccc(NCCCN2C(=O)c3ccccc3C2=O)cc1. The number of amides is 2. The van der Waals surface area contributed by atoms with Crippen molar-refractivity contribution in [3.05, 3.63) is 65.2 Å². The molecule has 0 atom stereocenters. The number of rotatable bonds is 5. The highest BCUT2D eigenvalue weighted by atomic mass is 16.2. The van der Waals surface area contributed by atoms with Gasteiger partial charge in [-0.3, -0.25) is 14.5 Å². The molecule has 0 radical (unpaired) electrons. The van der Waals surface area contributed by atoms with Crippen LogP contribution in [0.5, 0.6) is 0 Å². The Kier molecular flexibility index (Phi) is 3.92. The Balaban J connectivity index is 1.54. The fraction of sp³-hybridized carbons (Fsp3) is 0.222. The molecule has 0 bridgehead atoms. The maximum atomic E-state index is 12.2. The zero-order chi connectivity index (χ0) is 15.5. The predicted molar refractivity (Wildman–Crippen MR) is 86.1 cm³/mol. The summed E-state index contributed by atoms with van der Waals surface area (Å²) in [6, 6.07) is 15.1. The van der Waals surface area contributed by atoms with E-state index in [0.717, 1.165) is 18.7 Å². The van der Waals surface area contributed by atoms with Gasteiger partial charge < -0.3 is 5.32 Å². The highest BCUT2D eigenvalue weighted by molar-refractivity contribution is 6.21. The van der Waals surface area contributed by atoms with Gasteiger partial charge in [0.1, 0.15) is 0 Å². The zero-order valence-corrected chi connectivity index (χ0v) is 12.5. The minimum atomic E-state index is -0.184. The molecule has 0 fully saturated rings. The Labute approximate surface area is 129 Å². The second-order valence-corrected chi connectivity index (χ2v) is 5.45. The summed E-state index contributed by atoms with van der Waals surface area (Å²) in [6.07, 6.45) is 0.722. The normalized spacial score (nSPS) is 13.4. The lowest BCUT2D eigenvalue weighted by molar-refractivity contribution is 0.0654. The quantitative estimate of drug-likeness (QED) is 0.681. The Hall–Kier alpha value is -2.62. The van der Waals surface area contributed by atoms with Crippen molar-refractivity contribution in [3.8, 4) is 0 Å². The van der Waals surface area contributed by atoms with Gasteiger partial charge in [0.2, 0.25) is 0 Å². The average molecular weight is 294 g/mol. The van der Waals surface area contributed by atoms with Gasteiger partial charge in [0, 0.05) is 18.8 Å². The topological polar surface area (TPSA) is 49.4 Å². The van der Waals surface area contributed by atoms with Crippen molar-refractivity contribution in [1.29, 1.82) is 0 Å². The molecule has 2 aromatic carbocycles. The number of nitrogens with one attached hydrogen (secondary N) is 1. The Morgan fingerprint density at radius 1 is 0.909 bits per heavy atom. The summed E-state index contributed by atoms with van der Waals surface area (Å²) in [5, 5.41) is 3.30. The van der Waals surface area contributed by atoms with Gasteiger partial charge in [-0.1, -0.05) is 29.8 Å². The first-order chi connectivity index (χ1) is 10.7. The molecule has 1 aliphatic heterocycles. The third kappa shape index (κ3) is 2.72. The average Bonchev–Trinajstić information content (AvgIpc) is 2.78. The monoisotopic (exact) mass is 294 g/mol. The Morgan fingerprint density at radius 2 is 1.50 bits per heavy atom. The summed E-state index contributed by atoms with van der Waals surface area (Å²) in [6.45, 7) is 3.20. The van der Waals surface area contributed by atoms with Crippen molar-refractivity contribution in [1.82, 2.24) is 4.90 Å². The van der Waals surface area contributed by atoms with Gasteiger partial charge in [0.15, 0.2) is 0 Å². The Bertz CT molecular complexity index is 672. The minimum Gasteiger partial charge on any atom is -0.385 e. The highest BCUT2D eigenvalue weighted by Gasteiger charge is 2.34. The highest BCUT2D eigenvalue weighted by Crippen LogP contribution is 2.22. The fourth-order valence-corrected chi connectivity index (χ4v) is 2.58. The van der Waals surface area contributed by atoms with Crippen LogP contribution in [0.2, 0.25) is 0 Å². The van der Waals surface area contributed by atoms with E-state index in [1.54, 1.807) is 24.3 Å². The van der Waals surface area contributed by atoms with Crippen molar-refractivity contribution < 1.29 is 9.59 Å². The largest absolute Gasteiger partial charge is 0.385 e. The summed E-state index contributed by atoms with van der Waals surface area (Å²) in [5.41, 5.74) is 3.29. The lowest BCUT2D eigenvalue weighted by Gasteiger charge is -2.14. The second-order valence-electron chi connectivity index (χ2n) is 5.45. The summed E-state index contributed by atoms with van der Waals surface area (Å²) < 4.78 is 0. The predicted octanol–water partition coefficient (Wildman–Crippen LogP) is 3.09. The van der Waals surface area contributed by atoms with Gasteiger partial charge in [0.05, 0.1) is 11.1 Å². The molecule has 0 aliphatic carbocycles. The first-order valence-electron chi connectivity index (χ1n) is 7.42. The standard InChI is InChI=1S/C18H18N2O2/c1-13-7-9-14(10-8-13)19-11-4-12-20-17(21)15-5-2-3-6-16(15)18(20)22/h2-3,5-10,19H,4,11-12H2,1H3. The van der Waals surface area contributed by atoms with E-state index in [4.69, 9.17) is 0 Å². The second kappa shape index (κ2) is 6.02. The lowest BCUT2D eigenvalue weighted by atomic mass is 10.1. The molecule has 1 heterocycles. The number of benzene rings is 2. The van der Waals surface area contributed by atoms with E-state index in [9.17, 15) is 9.59 Å². The third-order valence-electron chi connectivity index (χ3n) is 3.82. The molecule has 22 heavy (non-hydrogen) atoms. The van der Waals surface area contributed by atoms with E-state index >= 15 is 0 Å². The molecule has 0 unspecified atom stereocenters. The van der Waals surface area contributed by atoms with E-state index in [0.29, 0.717) is 17.7 Å². The molecule has 0 aromatic heterocycles. The molecule has 1 N–H and O–H groups in total. The van der Waals surface area contributed by atoms with E-state index in [-0.39, 0.29) is 11.8 Å². The van der Waals surface area contributed by atoms with Crippen LogP contribution in [-0.4, -0.2) is 29.8 Å². The third-order valence-corrected chi connectivity index (χ3v) is 3.82. The van der Waals surface area contributed by atoms with Crippen LogP contribution >= 0.6 is 0 Å². The fourth-order valence-electron chi connectivity index (χ4n) is 2.58. The Morgan fingerprint density at radius 3 is 2.09 bits per heavy atom. The molecule has 112 valence electrons. The van der Waals surface area contributed by atoms with E-state index in [1.807, 2.05) is 31.2 Å². The van der Waals surface area contributed by atoms with Gasteiger partial charge in [0.25, 0.3) is 11.8 Å². The van der Waals surface area contributed by atoms with Crippen molar-refractivity contribution in [2.45, 2.75) is 13.3 Å². The molecule has 0 spiro atoms. The number of hydrogen-bond acceptors (Lipinski definition) is 3. The van der Waals surface area contributed by atoms with E-state index in [1.165, 1.54) is 10.5 Å². The summed E-state index contributed by atoms with van der Waals surface area (Å²) in [4.78, 5) is 25.7. The molecule has 2 aromatic rings. The minimum absolute atomic E-state index is 0.184. The molecule has 3 rings (SSSR count). The van der Waals surface area contributed by atoms with Crippen LogP contribution in [0, 0.1) is 6.92 Å². The number of anilines is 1. The molecule has 0 saturated carbocycles. The zero-order valence-electron chi connectivity index (χ0n) is 12.5. The number of carbonyl (C=O) groups is 2. The molecule has 2 amide bonds. The van der Waals surface area contributed by atoms with Gasteiger partial charge in [-0.2, -0.15) is 0 Å². The molecule has 4 heteroatoms. The summed E-state index contributed by atoms with van der Waals surface area (Å²) in [7, 11) is 0. The molecule has 0 saturated heterocycles. The van der Waals surface area contributed by atoms with Crippen LogP contribution in [0.15, 0.2) is 48.5 Å². The molecular weight excluding hydrogens is 276 g/mol. The van der Waals surface area contributed by atoms with Gasteiger partial charge >= 0.3 is 0 Å². The summed E-state index contributed by atoms with van der Waals surface area (Å²) >= 11 is 0. The number of carbonyl (C=O) groups excluding carboxylic acids is 2. The van der Waals surface area contributed by atoms with Gasteiger partial charge in [-0.25, -0.2) is 0 Å². The molecule has 1 aliphatic rings. The summed E-state index contributed by atoms with van der Waals surface area (Å²) in [5.74, 6) is -0.369. The van der Waals surface area contributed by atoms with Crippen molar-refractivity contribution in [2.75, 3.05) is 18.4 Å². The number of imide groups is 1. The van der Waals surface area contributed by atoms with E-state index < -0.39 is 0 Å². The van der Waals surface area contributed by atoms with Gasteiger partial charge in [-0.05, 0) is 37.6 Å². The van der Waals surface area contributed by atoms with Crippen LogP contribution in [0.1, 0.15) is 32.7 Å². The smallest absolute Gasteiger partial charge is 0.261 e. The van der Waals surface area contributed by atoms with Crippen molar-refractivity contribution in [3.63, 3.8) is 0 Å². The van der Waals surface area contributed by atoms with Crippen molar-refractivity contribution in [2.24, 2.45) is 0 Å². The number of nitrogens with zero attached hydrogens (tertiary/aromatic N) is 1. The van der Waals surface area contributed by atoms with Crippen LogP contribution in [0.25, 0.3) is 0 Å². The maximum Gasteiger partial charge on any atom is 0.261 e.